The van der Waals surface area contributed by atoms with Crippen molar-refractivity contribution in [2.24, 2.45) is 0 Å². The van der Waals surface area contributed by atoms with Gasteiger partial charge in [-0.25, -0.2) is 4.39 Å². The second kappa shape index (κ2) is 9.66. The van der Waals surface area contributed by atoms with Crippen LogP contribution >= 0.6 is 23.2 Å². The minimum atomic E-state index is -0.915. The number of rotatable bonds is 8. The summed E-state index contributed by atoms with van der Waals surface area (Å²) in [4.78, 5) is 39.5. The van der Waals surface area contributed by atoms with E-state index in [-0.39, 0.29) is 48.3 Å². The van der Waals surface area contributed by atoms with Crippen molar-refractivity contribution in [1.29, 1.82) is 0 Å². The highest BCUT2D eigenvalue weighted by Gasteiger charge is 2.69. The Kier molecular flexibility index (Phi) is 6.68. The van der Waals surface area contributed by atoms with Gasteiger partial charge in [0, 0.05) is 29.3 Å². The zero-order valence-corrected chi connectivity index (χ0v) is 21.3. The fourth-order valence-electron chi connectivity index (χ4n) is 5.27. The lowest BCUT2D eigenvalue weighted by atomic mass is 9.44. The normalized spacial score (nSPS) is 25.1. The molecule has 0 saturated heterocycles. The molecule has 2 aromatic carbocycles. The van der Waals surface area contributed by atoms with Crippen LogP contribution in [0.4, 0.5) is 10.1 Å². The SMILES string of the molecule is COCC(=O)N1CC(C(=O)NC23CC(NC(=O)COc4ccc(Cl)c(F)c4)(C2)C3)Oc2ccc(Cl)cc21. The first-order valence-electron chi connectivity index (χ1n) is 11.6. The highest BCUT2D eigenvalue weighted by molar-refractivity contribution is 6.31. The van der Waals surface area contributed by atoms with Crippen molar-refractivity contribution in [3.8, 4) is 11.5 Å². The van der Waals surface area contributed by atoms with Gasteiger partial charge in [0.2, 0.25) is 0 Å². The van der Waals surface area contributed by atoms with Gasteiger partial charge in [-0.3, -0.25) is 14.4 Å². The van der Waals surface area contributed by atoms with E-state index in [1.807, 2.05) is 0 Å². The molecule has 37 heavy (non-hydrogen) atoms. The van der Waals surface area contributed by atoms with Crippen molar-refractivity contribution in [2.75, 3.05) is 31.8 Å². The summed E-state index contributed by atoms with van der Waals surface area (Å²) >= 11 is 11.7. The Morgan fingerprint density at radius 3 is 2.51 bits per heavy atom. The molecular formula is C25H24Cl2FN3O6. The molecule has 2 N–H and O–H groups in total. The van der Waals surface area contributed by atoms with E-state index in [2.05, 4.69) is 10.6 Å². The van der Waals surface area contributed by atoms with Crippen molar-refractivity contribution in [2.45, 2.75) is 36.4 Å². The van der Waals surface area contributed by atoms with Crippen molar-refractivity contribution < 1.29 is 33.0 Å². The molecular weight excluding hydrogens is 528 g/mol. The van der Waals surface area contributed by atoms with Crippen molar-refractivity contribution in [3.63, 3.8) is 0 Å². The van der Waals surface area contributed by atoms with Crippen LogP contribution in [0, 0.1) is 5.82 Å². The summed E-state index contributed by atoms with van der Waals surface area (Å²) in [7, 11) is 1.42. The van der Waals surface area contributed by atoms with E-state index < -0.39 is 23.0 Å². The van der Waals surface area contributed by atoms with Crippen LogP contribution in [0.1, 0.15) is 19.3 Å². The summed E-state index contributed by atoms with van der Waals surface area (Å²) in [6.45, 7) is -0.405. The van der Waals surface area contributed by atoms with Crippen LogP contribution in [0.3, 0.4) is 0 Å². The molecule has 6 rings (SSSR count). The van der Waals surface area contributed by atoms with Gasteiger partial charge in [-0.05, 0) is 49.6 Å². The van der Waals surface area contributed by atoms with Crippen LogP contribution < -0.4 is 25.0 Å². The predicted octanol–water partition coefficient (Wildman–Crippen LogP) is 2.86. The predicted molar refractivity (Wildman–Crippen MR) is 133 cm³/mol. The largest absolute Gasteiger partial charge is 0.484 e. The third kappa shape index (κ3) is 5.05. The summed E-state index contributed by atoms with van der Waals surface area (Å²) in [5.41, 5.74) is -0.361. The summed E-state index contributed by atoms with van der Waals surface area (Å²) in [6, 6.07) is 8.81. The monoisotopic (exact) mass is 551 g/mol. The number of nitrogens with zero attached hydrogens (tertiary/aromatic N) is 1. The van der Waals surface area contributed by atoms with Crippen LogP contribution in [0.2, 0.25) is 10.0 Å². The third-order valence-electron chi connectivity index (χ3n) is 6.77. The molecule has 4 aliphatic rings. The van der Waals surface area contributed by atoms with Gasteiger partial charge in [-0.2, -0.15) is 0 Å². The van der Waals surface area contributed by atoms with Crippen LogP contribution in [0.5, 0.6) is 11.5 Å². The molecule has 3 fully saturated rings. The average Bonchev–Trinajstić information content (AvgIpc) is 2.82. The van der Waals surface area contributed by atoms with E-state index in [1.165, 1.54) is 24.1 Å². The summed E-state index contributed by atoms with van der Waals surface area (Å²) in [5.74, 6) is -1.05. The van der Waals surface area contributed by atoms with Crippen LogP contribution in [-0.4, -0.2) is 61.8 Å². The molecule has 3 saturated carbocycles. The van der Waals surface area contributed by atoms with Gasteiger partial charge in [0.25, 0.3) is 17.7 Å². The molecule has 2 aromatic rings. The first-order valence-corrected chi connectivity index (χ1v) is 12.3. The number of halogens is 3. The van der Waals surface area contributed by atoms with Crippen molar-refractivity contribution >= 4 is 46.6 Å². The maximum atomic E-state index is 13.5. The van der Waals surface area contributed by atoms with Gasteiger partial charge in [-0.15, -0.1) is 0 Å². The Bertz CT molecular complexity index is 1260. The highest BCUT2D eigenvalue weighted by Crippen LogP contribution is 2.60. The number of nitrogens with one attached hydrogen (secondary N) is 2. The number of hydrogen-bond donors (Lipinski definition) is 2. The molecule has 9 nitrogen and oxygen atoms in total. The lowest BCUT2D eigenvalue weighted by Gasteiger charge is -2.70. The fourth-order valence-corrected chi connectivity index (χ4v) is 5.56. The first kappa shape index (κ1) is 25.6. The highest BCUT2D eigenvalue weighted by atomic mass is 35.5. The molecule has 196 valence electrons. The average molecular weight is 552 g/mol. The summed E-state index contributed by atoms with van der Waals surface area (Å²) in [6.07, 6.45) is 0.789. The minimum absolute atomic E-state index is 0.0158. The molecule has 0 aromatic heterocycles. The smallest absolute Gasteiger partial charge is 0.263 e. The number of fused-ring (bicyclic) bond motifs is 1. The van der Waals surface area contributed by atoms with E-state index in [9.17, 15) is 18.8 Å². The number of hydrogen-bond acceptors (Lipinski definition) is 6. The molecule has 1 atom stereocenters. The number of carbonyl (C=O) groups excluding carboxylic acids is 3. The number of anilines is 1. The topological polar surface area (TPSA) is 106 Å². The Balaban J connectivity index is 1.14. The Morgan fingerprint density at radius 2 is 1.81 bits per heavy atom. The Hall–Kier alpha value is -3.08. The molecule has 2 bridgehead atoms. The second-order valence-electron chi connectivity index (χ2n) is 9.65. The molecule has 0 spiro atoms. The number of methoxy groups -OCH3 is 1. The van der Waals surface area contributed by atoms with Gasteiger partial charge in [-0.1, -0.05) is 23.2 Å². The minimum Gasteiger partial charge on any atom is -0.484 e. The van der Waals surface area contributed by atoms with E-state index in [0.29, 0.717) is 35.7 Å². The van der Waals surface area contributed by atoms with Crippen LogP contribution in [-0.2, 0) is 19.1 Å². The van der Waals surface area contributed by atoms with Gasteiger partial charge < -0.3 is 29.7 Å². The van der Waals surface area contributed by atoms with E-state index in [0.717, 1.165) is 6.07 Å². The molecule has 1 aliphatic heterocycles. The van der Waals surface area contributed by atoms with E-state index >= 15 is 0 Å². The molecule has 12 heteroatoms. The standard InChI is InChI=1S/C25H24Cl2FN3O6/c1-35-10-22(33)31-8-20(37-19-5-2-14(26)6-18(19)31)23(34)30-25-11-24(12-25,13-25)29-21(32)9-36-15-3-4-16(27)17(28)7-15/h2-7,20H,8-13H2,1H3,(H,29,32)(H,30,34). The lowest BCUT2D eigenvalue weighted by Crippen LogP contribution is -2.84. The first-order chi connectivity index (χ1) is 17.6. The fraction of sp³-hybridized carbons (Fsp3) is 0.400. The van der Waals surface area contributed by atoms with Crippen molar-refractivity contribution in [1.82, 2.24) is 10.6 Å². The van der Waals surface area contributed by atoms with Crippen molar-refractivity contribution in [3.05, 3.63) is 52.3 Å². The molecule has 3 aliphatic carbocycles. The maximum absolute atomic E-state index is 13.5. The van der Waals surface area contributed by atoms with Crippen LogP contribution in [0.25, 0.3) is 0 Å². The number of benzene rings is 2. The zero-order valence-electron chi connectivity index (χ0n) is 19.8. The van der Waals surface area contributed by atoms with E-state index in [4.69, 9.17) is 37.4 Å². The zero-order chi connectivity index (χ0) is 26.4. The molecule has 1 unspecified atom stereocenters. The quantitative estimate of drug-likeness (QED) is 0.522. The van der Waals surface area contributed by atoms with E-state index in [1.54, 1.807) is 18.2 Å². The van der Waals surface area contributed by atoms with Gasteiger partial charge in [0.1, 0.15) is 23.9 Å². The maximum Gasteiger partial charge on any atom is 0.263 e. The number of carbonyl (C=O) groups is 3. The second-order valence-corrected chi connectivity index (χ2v) is 10.5. The Morgan fingerprint density at radius 1 is 1.08 bits per heavy atom. The van der Waals surface area contributed by atoms with Gasteiger partial charge >= 0.3 is 0 Å². The van der Waals surface area contributed by atoms with Gasteiger partial charge in [0.05, 0.1) is 17.3 Å². The van der Waals surface area contributed by atoms with Crippen LogP contribution in [0.15, 0.2) is 36.4 Å². The summed E-state index contributed by atoms with van der Waals surface area (Å²) in [5, 5.41) is 6.38. The molecule has 1 heterocycles. The molecule has 3 amide bonds. The summed E-state index contributed by atoms with van der Waals surface area (Å²) < 4.78 is 29.7. The third-order valence-corrected chi connectivity index (χ3v) is 7.32. The lowest BCUT2D eigenvalue weighted by molar-refractivity contribution is -0.153. The van der Waals surface area contributed by atoms with Gasteiger partial charge in [0.15, 0.2) is 12.7 Å². The Labute approximate surface area is 222 Å². The number of amides is 3. The number of ether oxygens (including phenoxy) is 3. The molecule has 0 radical (unpaired) electrons.